The van der Waals surface area contributed by atoms with Crippen LogP contribution in [0.4, 0.5) is 0 Å². The zero-order valence-electron chi connectivity index (χ0n) is 14.8. The Morgan fingerprint density at radius 2 is 2.04 bits per heavy atom. The fourth-order valence-electron chi connectivity index (χ4n) is 3.22. The summed E-state index contributed by atoms with van der Waals surface area (Å²) in [5, 5.41) is 6.71. The number of nitrogens with zero attached hydrogens (tertiary/aromatic N) is 3. The molecule has 2 aliphatic heterocycles. The average Bonchev–Trinajstić information content (AvgIpc) is 2.96. The first kappa shape index (κ1) is 18.0. The fourth-order valence-corrected chi connectivity index (χ4v) is 3.22. The molecule has 2 N–H and O–H groups in total. The Labute approximate surface area is 140 Å². The Kier molecular flexibility index (Phi) is 7.65. The molecule has 1 amide bonds. The van der Waals surface area contributed by atoms with E-state index >= 15 is 0 Å². The van der Waals surface area contributed by atoms with Crippen LogP contribution in [0.3, 0.4) is 0 Å². The second kappa shape index (κ2) is 9.75. The molecule has 0 bridgehead atoms. The average molecular weight is 323 g/mol. The summed E-state index contributed by atoms with van der Waals surface area (Å²) >= 11 is 0. The molecule has 0 unspecified atom stereocenters. The first-order chi connectivity index (χ1) is 11.2. The lowest BCUT2D eigenvalue weighted by Gasteiger charge is -2.28. The van der Waals surface area contributed by atoms with Gasteiger partial charge in [-0.05, 0) is 58.7 Å². The normalized spacial score (nSPS) is 21.0. The smallest absolute Gasteiger partial charge is 0.222 e. The fraction of sp³-hybridized carbons (Fsp3) is 0.882. The molecule has 0 aromatic carbocycles. The highest BCUT2D eigenvalue weighted by Crippen LogP contribution is 2.15. The van der Waals surface area contributed by atoms with Crippen LogP contribution in [0, 0.1) is 5.92 Å². The van der Waals surface area contributed by atoms with Gasteiger partial charge in [0.1, 0.15) is 0 Å². The minimum absolute atomic E-state index is 0.313. The van der Waals surface area contributed by atoms with Crippen molar-refractivity contribution in [1.82, 2.24) is 20.4 Å². The Morgan fingerprint density at radius 3 is 2.70 bits per heavy atom. The molecular weight excluding hydrogens is 290 g/mol. The maximum absolute atomic E-state index is 11.6. The molecule has 2 rings (SSSR count). The molecule has 2 saturated heterocycles. The van der Waals surface area contributed by atoms with E-state index in [0.717, 1.165) is 57.9 Å². The Bertz CT molecular complexity index is 390. The van der Waals surface area contributed by atoms with Crippen LogP contribution in [-0.2, 0) is 4.79 Å². The highest BCUT2D eigenvalue weighted by molar-refractivity contribution is 5.79. The molecule has 6 heteroatoms. The van der Waals surface area contributed by atoms with Crippen LogP contribution in [0.25, 0.3) is 0 Å². The van der Waals surface area contributed by atoms with E-state index in [0.29, 0.717) is 11.8 Å². The maximum atomic E-state index is 11.6. The molecule has 0 spiro atoms. The lowest BCUT2D eigenvalue weighted by molar-refractivity contribution is -0.127. The van der Waals surface area contributed by atoms with Crippen LogP contribution < -0.4 is 10.6 Å². The van der Waals surface area contributed by atoms with Crippen molar-refractivity contribution in [3.8, 4) is 0 Å². The number of aliphatic imine (C=N–C) groups is 1. The van der Waals surface area contributed by atoms with E-state index in [1.165, 1.54) is 25.9 Å². The summed E-state index contributed by atoms with van der Waals surface area (Å²) in [6, 6.07) is 0. The second-order valence-corrected chi connectivity index (χ2v) is 6.73. The number of rotatable bonds is 7. The van der Waals surface area contributed by atoms with Gasteiger partial charge in [-0.15, -0.1) is 0 Å². The summed E-state index contributed by atoms with van der Waals surface area (Å²) in [6.07, 6.45) is 5.22. The number of likely N-dealkylation sites (tertiary alicyclic amines) is 2. The molecule has 2 heterocycles. The molecule has 0 saturated carbocycles. The minimum Gasteiger partial charge on any atom is -0.357 e. The molecule has 0 aromatic rings. The molecule has 132 valence electrons. The number of hydrogen-bond acceptors (Lipinski definition) is 3. The number of piperidine rings is 1. The van der Waals surface area contributed by atoms with Crippen molar-refractivity contribution >= 4 is 11.9 Å². The Morgan fingerprint density at radius 1 is 1.26 bits per heavy atom. The molecule has 6 nitrogen and oxygen atoms in total. The van der Waals surface area contributed by atoms with Crippen LogP contribution in [-0.4, -0.2) is 74.5 Å². The molecule has 2 fully saturated rings. The maximum Gasteiger partial charge on any atom is 0.222 e. The number of hydrogen-bond donors (Lipinski definition) is 2. The van der Waals surface area contributed by atoms with Gasteiger partial charge in [-0.1, -0.05) is 0 Å². The summed E-state index contributed by atoms with van der Waals surface area (Å²) < 4.78 is 0. The summed E-state index contributed by atoms with van der Waals surface area (Å²) in [6.45, 7) is 8.92. The van der Waals surface area contributed by atoms with Gasteiger partial charge in [0.15, 0.2) is 5.96 Å². The molecule has 0 atom stereocenters. The van der Waals surface area contributed by atoms with E-state index in [-0.39, 0.29) is 0 Å². The van der Waals surface area contributed by atoms with Crippen molar-refractivity contribution in [2.24, 2.45) is 10.9 Å². The first-order valence-electron chi connectivity index (χ1n) is 9.17. The molecule has 0 aromatic heterocycles. The van der Waals surface area contributed by atoms with Crippen molar-refractivity contribution in [3.05, 3.63) is 0 Å². The van der Waals surface area contributed by atoms with E-state index < -0.39 is 0 Å². The largest absolute Gasteiger partial charge is 0.357 e. The van der Waals surface area contributed by atoms with E-state index in [2.05, 4.69) is 29.5 Å². The SMILES string of the molecule is CCNC(=NCC1CCN(C)CC1)NCCCN1CCCC1=O. The highest BCUT2D eigenvalue weighted by Gasteiger charge is 2.19. The predicted molar refractivity (Wildman–Crippen MR) is 94.6 cm³/mol. The number of carbonyl (C=O) groups excluding carboxylic acids is 1. The Hall–Kier alpha value is -1.30. The predicted octanol–water partition coefficient (Wildman–Crippen LogP) is 0.896. The van der Waals surface area contributed by atoms with Gasteiger partial charge in [0.05, 0.1) is 0 Å². The highest BCUT2D eigenvalue weighted by atomic mass is 16.2. The number of carbonyl (C=O) groups is 1. The van der Waals surface area contributed by atoms with Crippen molar-refractivity contribution < 1.29 is 4.79 Å². The van der Waals surface area contributed by atoms with Crippen LogP contribution in [0.15, 0.2) is 4.99 Å². The topological polar surface area (TPSA) is 60.0 Å². The van der Waals surface area contributed by atoms with Gasteiger partial charge < -0.3 is 20.4 Å². The third kappa shape index (κ3) is 6.37. The molecule has 23 heavy (non-hydrogen) atoms. The van der Waals surface area contributed by atoms with Crippen LogP contribution in [0.2, 0.25) is 0 Å². The van der Waals surface area contributed by atoms with E-state index in [9.17, 15) is 4.79 Å². The van der Waals surface area contributed by atoms with Crippen LogP contribution in [0.5, 0.6) is 0 Å². The summed E-state index contributed by atoms with van der Waals surface area (Å²) in [4.78, 5) is 20.7. The Balaban J connectivity index is 1.66. The van der Waals surface area contributed by atoms with Gasteiger partial charge >= 0.3 is 0 Å². The van der Waals surface area contributed by atoms with E-state index in [1.807, 2.05) is 4.90 Å². The van der Waals surface area contributed by atoms with E-state index in [4.69, 9.17) is 4.99 Å². The number of amides is 1. The quantitative estimate of drug-likeness (QED) is 0.415. The number of nitrogens with one attached hydrogen (secondary N) is 2. The van der Waals surface area contributed by atoms with Crippen molar-refractivity contribution in [2.75, 3.05) is 52.9 Å². The molecule has 0 aliphatic carbocycles. The van der Waals surface area contributed by atoms with E-state index in [1.54, 1.807) is 0 Å². The second-order valence-electron chi connectivity index (χ2n) is 6.73. The standard InChI is InChI=1S/C17H33N5O/c1-3-18-17(20-14-15-7-12-21(2)13-8-15)19-9-5-11-22-10-4-6-16(22)23/h15H,3-14H2,1-2H3,(H2,18,19,20). The van der Waals surface area contributed by atoms with Crippen molar-refractivity contribution in [3.63, 3.8) is 0 Å². The summed E-state index contributed by atoms with van der Waals surface area (Å²) in [5.41, 5.74) is 0. The molecular formula is C17H33N5O. The van der Waals surface area contributed by atoms with Gasteiger partial charge in [-0.25, -0.2) is 0 Å². The first-order valence-corrected chi connectivity index (χ1v) is 9.17. The van der Waals surface area contributed by atoms with Crippen LogP contribution >= 0.6 is 0 Å². The third-order valence-electron chi connectivity index (χ3n) is 4.76. The molecule has 2 aliphatic rings. The summed E-state index contributed by atoms with van der Waals surface area (Å²) in [5.74, 6) is 1.94. The minimum atomic E-state index is 0.313. The van der Waals surface area contributed by atoms with Gasteiger partial charge in [-0.2, -0.15) is 0 Å². The molecule has 0 radical (unpaired) electrons. The third-order valence-corrected chi connectivity index (χ3v) is 4.76. The zero-order chi connectivity index (χ0) is 16.5. The van der Waals surface area contributed by atoms with Crippen LogP contribution in [0.1, 0.15) is 39.0 Å². The monoisotopic (exact) mass is 323 g/mol. The summed E-state index contributed by atoms with van der Waals surface area (Å²) in [7, 11) is 2.19. The lowest BCUT2D eigenvalue weighted by Crippen LogP contribution is -2.39. The number of guanidine groups is 1. The lowest BCUT2D eigenvalue weighted by atomic mass is 9.97. The van der Waals surface area contributed by atoms with Gasteiger partial charge in [0, 0.05) is 39.1 Å². The van der Waals surface area contributed by atoms with Crippen molar-refractivity contribution in [2.45, 2.75) is 39.0 Å². The zero-order valence-corrected chi connectivity index (χ0v) is 14.8. The van der Waals surface area contributed by atoms with Gasteiger partial charge in [0.25, 0.3) is 0 Å². The van der Waals surface area contributed by atoms with Crippen molar-refractivity contribution in [1.29, 1.82) is 0 Å². The van der Waals surface area contributed by atoms with Gasteiger partial charge in [0.2, 0.25) is 5.91 Å². The van der Waals surface area contributed by atoms with Gasteiger partial charge in [-0.3, -0.25) is 9.79 Å².